The molecule has 0 saturated carbocycles. The van der Waals surface area contributed by atoms with Crippen molar-refractivity contribution < 1.29 is 18.9 Å². The van der Waals surface area contributed by atoms with Crippen LogP contribution in [0, 0.1) is 10.1 Å². The van der Waals surface area contributed by atoms with Gasteiger partial charge in [-0.05, 0) is 45.0 Å². The molecular weight excluding hydrogens is 288 g/mol. The van der Waals surface area contributed by atoms with Crippen molar-refractivity contribution in [2.45, 2.75) is 26.4 Å². The Bertz CT molecular complexity index is 686. The molecule has 0 saturated heterocycles. The zero-order valence-corrected chi connectivity index (χ0v) is 12.5. The minimum absolute atomic E-state index is 0.0644. The quantitative estimate of drug-likeness (QED) is 0.677. The lowest BCUT2D eigenvalue weighted by molar-refractivity contribution is -0.383. The van der Waals surface area contributed by atoms with Gasteiger partial charge in [-0.1, -0.05) is 0 Å². The van der Waals surface area contributed by atoms with Crippen LogP contribution < -0.4 is 5.32 Å². The maximum Gasteiger partial charge on any atom is 0.412 e. The number of benzene rings is 1. The number of nitrogens with zero attached hydrogens (tertiary/aromatic N) is 1. The molecule has 1 amide bonds. The van der Waals surface area contributed by atoms with Gasteiger partial charge in [0.1, 0.15) is 17.0 Å². The summed E-state index contributed by atoms with van der Waals surface area (Å²) in [6.45, 7) is 5.13. The Morgan fingerprint density at radius 2 is 2.05 bits per heavy atom. The van der Waals surface area contributed by atoms with Crippen molar-refractivity contribution in [2.24, 2.45) is 0 Å². The molecule has 7 heteroatoms. The Balaban J connectivity index is 2.28. The number of rotatable bonds is 3. The second-order valence-corrected chi connectivity index (χ2v) is 5.59. The van der Waals surface area contributed by atoms with Crippen molar-refractivity contribution >= 4 is 17.5 Å². The Kier molecular flexibility index (Phi) is 4.16. The molecule has 0 aliphatic rings. The first kappa shape index (κ1) is 15.6. The fourth-order valence-electron chi connectivity index (χ4n) is 1.80. The van der Waals surface area contributed by atoms with Crippen LogP contribution in [0.25, 0.3) is 11.3 Å². The smallest absolute Gasteiger partial charge is 0.412 e. The first-order valence-corrected chi connectivity index (χ1v) is 6.58. The van der Waals surface area contributed by atoms with E-state index in [4.69, 9.17) is 9.15 Å². The molecule has 0 bridgehead atoms. The van der Waals surface area contributed by atoms with E-state index in [1.54, 1.807) is 39.0 Å². The fraction of sp³-hybridized carbons (Fsp3) is 0.267. The maximum absolute atomic E-state index is 11.7. The number of hydrogen-bond acceptors (Lipinski definition) is 5. The van der Waals surface area contributed by atoms with Gasteiger partial charge in [0.15, 0.2) is 0 Å². The molecule has 0 aliphatic carbocycles. The molecule has 0 atom stereocenters. The molecule has 2 aromatic rings. The van der Waals surface area contributed by atoms with Crippen LogP contribution in [0.3, 0.4) is 0 Å². The summed E-state index contributed by atoms with van der Waals surface area (Å²) in [6, 6.07) is 7.79. The zero-order valence-electron chi connectivity index (χ0n) is 12.5. The Morgan fingerprint density at radius 1 is 1.32 bits per heavy atom. The van der Waals surface area contributed by atoms with E-state index in [0.717, 1.165) is 0 Å². The van der Waals surface area contributed by atoms with Crippen molar-refractivity contribution in [2.75, 3.05) is 5.32 Å². The molecule has 0 radical (unpaired) electrons. The predicted octanol–water partition coefficient (Wildman–Crippen LogP) is 4.20. The Morgan fingerprint density at radius 3 is 2.59 bits per heavy atom. The van der Waals surface area contributed by atoms with Crippen molar-refractivity contribution in [3.8, 4) is 11.3 Å². The molecular formula is C15H16N2O5. The Hall–Kier alpha value is -2.83. The van der Waals surface area contributed by atoms with Crippen LogP contribution in [0.5, 0.6) is 0 Å². The SMILES string of the molecule is CC(C)(C)OC(=O)Nc1ccc(-c2ccco2)cc1[N+](=O)[O-]. The second-order valence-electron chi connectivity index (χ2n) is 5.59. The zero-order chi connectivity index (χ0) is 16.3. The molecule has 0 unspecified atom stereocenters. The van der Waals surface area contributed by atoms with Crippen LogP contribution in [-0.4, -0.2) is 16.6 Å². The lowest BCUT2D eigenvalue weighted by Gasteiger charge is -2.19. The van der Waals surface area contributed by atoms with E-state index in [0.29, 0.717) is 11.3 Å². The van der Waals surface area contributed by atoms with Crippen molar-refractivity contribution in [3.63, 3.8) is 0 Å². The molecule has 116 valence electrons. The van der Waals surface area contributed by atoms with Gasteiger partial charge in [0.25, 0.3) is 5.69 Å². The fourth-order valence-corrected chi connectivity index (χ4v) is 1.80. The number of anilines is 1. The number of carbonyl (C=O) groups excluding carboxylic acids is 1. The number of amides is 1. The standard InChI is InChI=1S/C15H16N2O5/c1-15(2,3)22-14(18)16-11-7-6-10(9-12(11)17(19)20)13-5-4-8-21-13/h4-9H,1-3H3,(H,16,18). The van der Waals surface area contributed by atoms with Gasteiger partial charge in [0.05, 0.1) is 11.2 Å². The molecule has 1 heterocycles. The van der Waals surface area contributed by atoms with Crippen LogP contribution in [-0.2, 0) is 4.74 Å². The molecule has 22 heavy (non-hydrogen) atoms. The number of nitrogens with one attached hydrogen (secondary N) is 1. The summed E-state index contributed by atoms with van der Waals surface area (Å²) in [4.78, 5) is 22.4. The maximum atomic E-state index is 11.7. The number of ether oxygens (including phenoxy) is 1. The number of nitro groups is 1. The molecule has 7 nitrogen and oxygen atoms in total. The molecule has 0 spiro atoms. The van der Waals surface area contributed by atoms with E-state index in [-0.39, 0.29) is 11.4 Å². The second kappa shape index (κ2) is 5.88. The lowest BCUT2D eigenvalue weighted by Crippen LogP contribution is -2.27. The van der Waals surface area contributed by atoms with Gasteiger partial charge >= 0.3 is 6.09 Å². The molecule has 1 N–H and O–H groups in total. The first-order chi connectivity index (χ1) is 10.3. The van der Waals surface area contributed by atoms with E-state index >= 15 is 0 Å². The van der Waals surface area contributed by atoms with Crippen LogP contribution in [0.1, 0.15) is 20.8 Å². The number of hydrogen-bond donors (Lipinski definition) is 1. The molecule has 1 aromatic carbocycles. The Labute approximate surface area is 127 Å². The number of carbonyl (C=O) groups is 1. The van der Waals surface area contributed by atoms with Gasteiger partial charge in [-0.3, -0.25) is 15.4 Å². The van der Waals surface area contributed by atoms with E-state index in [1.807, 2.05) is 0 Å². The third-order valence-corrected chi connectivity index (χ3v) is 2.64. The highest BCUT2D eigenvalue weighted by atomic mass is 16.6. The topological polar surface area (TPSA) is 94.6 Å². The van der Waals surface area contributed by atoms with Crippen LogP contribution in [0.2, 0.25) is 0 Å². The van der Waals surface area contributed by atoms with E-state index < -0.39 is 16.6 Å². The highest BCUT2D eigenvalue weighted by molar-refractivity contribution is 5.89. The number of nitro benzene ring substituents is 1. The van der Waals surface area contributed by atoms with Crippen LogP contribution in [0.15, 0.2) is 41.0 Å². The van der Waals surface area contributed by atoms with Crippen molar-refractivity contribution in [1.82, 2.24) is 0 Å². The van der Waals surface area contributed by atoms with Gasteiger partial charge in [-0.2, -0.15) is 0 Å². The highest BCUT2D eigenvalue weighted by Gasteiger charge is 2.21. The first-order valence-electron chi connectivity index (χ1n) is 6.58. The molecule has 2 rings (SSSR count). The minimum atomic E-state index is -0.749. The summed E-state index contributed by atoms with van der Waals surface area (Å²) in [7, 11) is 0. The van der Waals surface area contributed by atoms with Crippen LogP contribution in [0.4, 0.5) is 16.2 Å². The third kappa shape index (κ3) is 3.85. The molecule has 0 fully saturated rings. The summed E-state index contributed by atoms with van der Waals surface area (Å²) in [6.07, 6.45) is 0.731. The molecule has 1 aromatic heterocycles. The summed E-state index contributed by atoms with van der Waals surface area (Å²) >= 11 is 0. The van der Waals surface area contributed by atoms with Gasteiger partial charge in [0.2, 0.25) is 0 Å². The lowest BCUT2D eigenvalue weighted by atomic mass is 10.1. The minimum Gasteiger partial charge on any atom is -0.464 e. The summed E-state index contributed by atoms with van der Waals surface area (Å²) in [5, 5.41) is 13.6. The molecule has 0 aliphatic heterocycles. The summed E-state index contributed by atoms with van der Waals surface area (Å²) < 4.78 is 10.3. The summed E-state index contributed by atoms with van der Waals surface area (Å²) in [5.74, 6) is 0.506. The van der Waals surface area contributed by atoms with Crippen molar-refractivity contribution in [3.05, 3.63) is 46.7 Å². The van der Waals surface area contributed by atoms with Gasteiger partial charge in [0, 0.05) is 11.6 Å². The van der Waals surface area contributed by atoms with Gasteiger partial charge in [-0.25, -0.2) is 4.79 Å². The monoisotopic (exact) mass is 304 g/mol. The van der Waals surface area contributed by atoms with E-state index in [9.17, 15) is 14.9 Å². The van der Waals surface area contributed by atoms with Crippen LogP contribution >= 0.6 is 0 Å². The number of furan rings is 1. The van der Waals surface area contributed by atoms with Gasteiger partial charge in [-0.15, -0.1) is 0 Å². The highest BCUT2D eigenvalue weighted by Crippen LogP contribution is 2.31. The largest absolute Gasteiger partial charge is 0.464 e. The summed E-state index contributed by atoms with van der Waals surface area (Å²) in [5.41, 5.74) is -0.312. The average molecular weight is 304 g/mol. The predicted molar refractivity (Wildman–Crippen MR) is 80.7 cm³/mol. The average Bonchev–Trinajstić information content (AvgIpc) is 2.90. The van der Waals surface area contributed by atoms with Crippen molar-refractivity contribution in [1.29, 1.82) is 0 Å². The third-order valence-electron chi connectivity index (χ3n) is 2.64. The normalized spacial score (nSPS) is 11.0. The van der Waals surface area contributed by atoms with Gasteiger partial charge < -0.3 is 9.15 Å². The van der Waals surface area contributed by atoms with E-state index in [2.05, 4.69) is 5.32 Å². The van der Waals surface area contributed by atoms with E-state index in [1.165, 1.54) is 18.4 Å².